The molecule has 2 aliphatic rings. The van der Waals surface area contributed by atoms with Crippen molar-refractivity contribution in [1.29, 1.82) is 0 Å². The third kappa shape index (κ3) is 2.92. The number of nitrogens with zero attached hydrogens (tertiary/aromatic N) is 2. The van der Waals surface area contributed by atoms with Crippen LogP contribution >= 0.6 is 0 Å². The first-order chi connectivity index (χ1) is 14.2. The van der Waals surface area contributed by atoms with E-state index in [9.17, 15) is 9.59 Å². The molecular formula is C24H25N3O2. The number of H-pyrrole nitrogens is 1. The fraction of sp³-hybridized carbons (Fsp3) is 0.333. The Morgan fingerprint density at radius 2 is 1.93 bits per heavy atom. The minimum Gasteiger partial charge on any atom is -0.370 e. The molecule has 0 bridgehead atoms. The Kier molecular flexibility index (Phi) is 4.38. The van der Waals surface area contributed by atoms with E-state index in [0.717, 1.165) is 42.7 Å². The zero-order chi connectivity index (χ0) is 20.0. The van der Waals surface area contributed by atoms with Crippen molar-refractivity contribution >= 4 is 16.6 Å². The molecule has 1 aliphatic heterocycles. The van der Waals surface area contributed by atoms with Crippen LogP contribution < -0.4 is 16.1 Å². The molecular weight excluding hydrogens is 362 g/mol. The molecule has 0 amide bonds. The second-order valence-electron chi connectivity index (χ2n) is 8.05. The molecule has 0 saturated carbocycles. The second kappa shape index (κ2) is 7.07. The SMILES string of the molecule is CCn1c(=O)[nH]c(=O)c2c(N3CC[C@H]4C=CC[C@H]4C3)c(-c3ccccc3)ccc21. The highest BCUT2D eigenvalue weighted by molar-refractivity contribution is 6.00. The number of aromatic amines is 1. The molecule has 0 unspecified atom stereocenters. The number of rotatable bonds is 3. The van der Waals surface area contributed by atoms with E-state index < -0.39 is 0 Å². The molecule has 5 rings (SSSR count). The number of aromatic nitrogens is 2. The molecule has 2 atom stereocenters. The van der Waals surface area contributed by atoms with Gasteiger partial charge in [0.05, 0.1) is 16.6 Å². The van der Waals surface area contributed by atoms with Crippen LogP contribution in [0.4, 0.5) is 5.69 Å². The summed E-state index contributed by atoms with van der Waals surface area (Å²) < 4.78 is 1.65. The number of hydrogen-bond donors (Lipinski definition) is 1. The van der Waals surface area contributed by atoms with Crippen LogP contribution in [0.1, 0.15) is 19.8 Å². The van der Waals surface area contributed by atoms with Gasteiger partial charge in [0.2, 0.25) is 0 Å². The molecule has 1 saturated heterocycles. The number of anilines is 1. The Hall–Kier alpha value is -3.08. The van der Waals surface area contributed by atoms with E-state index in [1.165, 1.54) is 0 Å². The van der Waals surface area contributed by atoms with Crippen LogP contribution in [0, 0.1) is 11.8 Å². The molecule has 2 heterocycles. The molecule has 1 N–H and O–H groups in total. The van der Waals surface area contributed by atoms with E-state index in [4.69, 9.17) is 0 Å². The van der Waals surface area contributed by atoms with Crippen LogP contribution in [0.2, 0.25) is 0 Å². The minimum absolute atomic E-state index is 0.297. The Balaban J connectivity index is 1.78. The number of benzene rings is 2. The summed E-state index contributed by atoms with van der Waals surface area (Å²) in [6, 6.07) is 14.2. The van der Waals surface area contributed by atoms with E-state index in [1.54, 1.807) is 4.57 Å². The lowest BCUT2D eigenvalue weighted by molar-refractivity contribution is 0.356. The average Bonchev–Trinajstić information content (AvgIpc) is 3.21. The van der Waals surface area contributed by atoms with Gasteiger partial charge >= 0.3 is 5.69 Å². The molecule has 1 aliphatic carbocycles. The van der Waals surface area contributed by atoms with Crippen LogP contribution in [0.25, 0.3) is 22.0 Å². The maximum absolute atomic E-state index is 13.0. The first-order valence-corrected chi connectivity index (χ1v) is 10.4. The largest absolute Gasteiger partial charge is 0.370 e. The van der Waals surface area contributed by atoms with E-state index in [2.05, 4.69) is 40.2 Å². The Morgan fingerprint density at radius 1 is 1.10 bits per heavy atom. The minimum atomic E-state index is -0.345. The number of fused-ring (bicyclic) bond motifs is 2. The zero-order valence-electron chi connectivity index (χ0n) is 16.6. The highest BCUT2D eigenvalue weighted by Gasteiger charge is 2.32. The number of piperidine rings is 1. The van der Waals surface area contributed by atoms with Gasteiger partial charge in [-0.1, -0.05) is 48.6 Å². The summed E-state index contributed by atoms with van der Waals surface area (Å²) in [7, 11) is 0. The summed E-state index contributed by atoms with van der Waals surface area (Å²) in [6.45, 7) is 4.29. The van der Waals surface area contributed by atoms with Crippen molar-refractivity contribution in [3.63, 3.8) is 0 Å². The molecule has 29 heavy (non-hydrogen) atoms. The third-order valence-electron chi connectivity index (χ3n) is 6.47. The third-order valence-corrected chi connectivity index (χ3v) is 6.47. The number of nitrogens with one attached hydrogen (secondary N) is 1. The molecule has 148 valence electrons. The normalized spacial score (nSPS) is 20.9. The molecule has 1 fully saturated rings. The van der Waals surface area contributed by atoms with Gasteiger partial charge in [0.15, 0.2) is 0 Å². The number of hydrogen-bond acceptors (Lipinski definition) is 3. The quantitative estimate of drug-likeness (QED) is 0.696. The zero-order valence-corrected chi connectivity index (χ0v) is 16.6. The smallest absolute Gasteiger partial charge is 0.328 e. The van der Waals surface area contributed by atoms with Gasteiger partial charge in [-0.25, -0.2) is 4.79 Å². The summed E-state index contributed by atoms with van der Waals surface area (Å²) >= 11 is 0. The van der Waals surface area contributed by atoms with Gasteiger partial charge in [-0.05, 0) is 43.2 Å². The predicted molar refractivity (Wildman–Crippen MR) is 118 cm³/mol. The number of aryl methyl sites for hydroxylation is 1. The lowest BCUT2D eigenvalue weighted by Crippen LogP contribution is -2.40. The first-order valence-electron chi connectivity index (χ1n) is 10.4. The van der Waals surface area contributed by atoms with Crippen molar-refractivity contribution in [2.24, 2.45) is 11.8 Å². The van der Waals surface area contributed by atoms with Crippen LogP contribution in [0.15, 0.2) is 64.2 Å². The molecule has 5 nitrogen and oxygen atoms in total. The molecule has 0 spiro atoms. The first kappa shape index (κ1) is 18.0. The summed E-state index contributed by atoms with van der Waals surface area (Å²) in [4.78, 5) is 30.3. The second-order valence-corrected chi connectivity index (χ2v) is 8.05. The molecule has 5 heteroatoms. The van der Waals surface area contributed by atoms with Crippen molar-refractivity contribution in [1.82, 2.24) is 9.55 Å². The summed E-state index contributed by atoms with van der Waals surface area (Å²) in [5, 5.41) is 0.622. The van der Waals surface area contributed by atoms with E-state index >= 15 is 0 Å². The topological polar surface area (TPSA) is 58.1 Å². The highest BCUT2D eigenvalue weighted by Crippen LogP contribution is 2.40. The van der Waals surface area contributed by atoms with Gasteiger partial charge in [0, 0.05) is 25.2 Å². The van der Waals surface area contributed by atoms with Crippen molar-refractivity contribution in [3.05, 3.63) is 75.5 Å². The van der Waals surface area contributed by atoms with Gasteiger partial charge in [0.1, 0.15) is 0 Å². The maximum Gasteiger partial charge on any atom is 0.328 e. The fourth-order valence-electron chi connectivity index (χ4n) is 5.04. The fourth-order valence-corrected chi connectivity index (χ4v) is 5.04. The van der Waals surface area contributed by atoms with Gasteiger partial charge < -0.3 is 4.90 Å². The predicted octanol–water partition coefficient (Wildman–Crippen LogP) is 3.78. The molecule has 1 aromatic heterocycles. The van der Waals surface area contributed by atoms with Crippen LogP contribution in [0.5, 0.6) is 0 Å². The van der Waals surface area contributed by atoms with Crippen LogP contribution in [-0.4, -0.2) is 22.6 Å². The van der Waals surface area contributed by atoms with Gasteiger partial charge in [0.25, 0.3) is 5.56 Å². The summed E-state index contributed by atoms with van der Waals surface area (Å²) in [5.74, 6) is 1.24. The average molecular weight is 387 g/mol. The Labute approximate surface area is 169 Å². The van der Waals surface area contributed by atoms with Crippen LogP contribution in [-0.2, 0) is 6.54 Å². The van der Waals surface area contributed by atoms with Gasteiger partial charge in [-0.2, -0.15) is 0 Å². The lowest BCUT2D eigenvalue weighted by Gasteiger charge is -2.38. The van der Waals surface area contributed by atoms with Crippen molar-refractivity contribution < 1.29 is 0 Å². The molecule has 3 aromatic rings. The van der Waals surface area contributed by atoms with Crippen molar-refractivity contribution in [2.45, 2.75) is 26.3 Å². The highest BCUT2D eigenvalue weighted by atomic mass is 16.2. The standard InChI is InChI=1S/C24H25N3O2/c1-2-27-20-12-11-19(17-7-4-3-5-8-17)22(21(20)23(28)25-24(27)29)26-14-13-16-9-6-10-18(16)15-26/h3-9,11-12,16,18H,2,10,13-15H2,1H3,(H,25,28,29)/t16-,18+/m1/s1. The maximum atomic E-state index is 13.0. The van der Waals surface area contributed by atoms with E-state index in [0.29, 0.717) is 29.3 Å². The number of allylic oxidation sites excluding steroid dienone is 2. The summed E-state index contributed by atoms with van der Waals surface area (Å²) in [5.41, 5.74) is 3.17. The molecule has 2 aromatic carbocycles. The van der Waals surface area contributed by atoms with Crippen molar-refractivity contribution in [2.75, 3.05) is 18.0 Å². The van der Waals surface area contributed by atoms with Crippen LogP contribution in [0.3, 0.4) is 0 Å². The van der Waals surface area contributed by atoms with E-state index in [-0.39, 0.29) is 11.2 Å². The molecule has 0 radical (unpaired) electrons. The Morgan fingerprint density at radius 3 is 2.72 bits per heavy atom. The van der Waals surface area contributed by atoms with E-state index in [1.807, 2.05) is 31.2 Å². The monoisotopic (exact) mass is 387 g/mol. The lowest BCUT2D eigenvalue weighted by atomic mass is 9.87. The van der Waals surface area contributed by atoms with Gasteiger partial charge in [-0.15, -0.1) is 0 Å². The Bertz CT molecular complexity index is 1210. The summed E-state index contributed by atoms with van der Waals surface area (Å²) in [6.07, 6.45) is 6.84. The van der Waals surface area contributed by atoms with Crippen molar-refractivity contribution in [3.8, 4) is 11.1 Å². The van der Waals surface area contributed by atoms with Gasteiger partial charge in [-0.3, -0.25) is 14.3 Å².